The number of phenolic OH excluding ortho intramolecular Hbond substituents is 1. The first kappa shape index (κ1) is 64.9. The molecule has 2 fully saturated rings. The van der Waals surface area contributed by atoms with Crippen LogP contribution in [0.15, 0.2) is 128 Å². The lowest BCUT2D eigenvalue weighted by Gasteiger charge is -2.26. The number of carbonyl (C=O) groups excluding carboxylic acids is 7. The maximum atomic E-state index is 13.3. The van der Waals surface area contributed by atoms with Gasteiger partial charge in [-0.1, -0.05) is 36.4 Å². The van der Waals surface area contributed by atoms with Crippen molar-refractivity contribution < 1.29 is 80.6 Å². The zero-order valence-corrected chi connectivity index (χ0v) is 50.3. The van der Waals surface area contributed by atoms with Crippen LogP contribution in [-0.2, 0) is 72.3 Å². The number of methoxy groups -OCH3 is 5. The van der Waals surface area contributed by atoms with Gasteiger partial charge in [0.05, 0.1) is 55.2 Å². The van der Waals surface area contributed by atoms with Crippen molar-refractivity contribution in [3.8, 4) is 17.2 Å². The van der Waals surface area contributed by atoms with E-state index in [-0.39, 0.29) is 107 Å². The average Bonchev–Trinajstić information content (AvgIpc) is 0.802. The smallest absolute Gasteiger partial charge is 0.341 e. The second-order valence-corrected chi connectivity index (χ2v) is 21.4. The highest BCUT2D eigenvalue weighted by Crippen LogP contribution is 2.37. The van der Waals surface area contributed by atoms with Crippen LogP contribution >= 0.6 is 0 Å². The molecule has 19 nitrogen and oxygen atoms in total. The Balaban J connectivity index is 0.000000163. The molecule has 9 aromatic rings. The number of ether oxygens (including phenoxy) is 5. The maximum Gasteiger partial charge on any atom is 0.341 e. The number of rotatable bonds is 16. The minimum absolute atomic E-state index is 0.0177. The number of halogens is 3. The third kappa shape index (κ3) is 14.9. The van der Waals surface area contributed by atoms with E-state index in [4.69, 9.17) is 23.7 Å². The summed E-state index contributed by atoms with van der Waals surface area (Å²) < 4.78 is 64.8. The van der Waals surface area contributed by atoms with Crippen molar-refractivity contribution >= 4 is 74.2 Å². The van der Waals surface area contributed by atoms with Gasteiger partial charge in [-0.2, -0.15) is 0 Å². The number of hydrogen-bond donors (Lipinski definition) is 2. The SMILES string of the molecule is COC(=O)c1cc(CN2C(=O)CCCC2=O)c2cc(Cc3ccc(F)cc3)cnc2c1O.COC(=O)c1cc(CN2C(=O)CCCC2=O)c2cc(Cc3ccc(F)cc3)cnc2c1OC.COC(=O)c1cc(CO)c2cc(Cc3ccc(F)cc3)cnc2c1OC. The topological polar surface area (TPSA) is 251 Å². The van der Waals surface area contributed by atoms with Gasteiger partial charge < -0.3 is 33.9 Å². The highest BCUT2D eigenvalue weighted by atomic mass is 19.1. The van der Waals surface area contributed by atoms with E-state index < -0.39 is 17.9 Å². The summed E-state index contributed by atoms with van der Waals surface area (Å²) in [7, 11) is 6.63. The number of carbonyl (C=O) groups is 7. The molecule has 2 aliphatic heterocycles. The summed E-state index contributed by atoms with van der Waals surface area (Å²) in [5.74, 6) is -3.67. The number of hydrogen-bond acceptors (Lipinski definition) is 17. The van der Waals surface area contributed by atoms with Crippen LogP contribution in [0.5, 0.6) is 17.2 Å². The van der Waals surface area contributed by atoms with Crippen LogP contribution in [0, 0.1) is 17.5 Å². The Morgan fingerprint density at radius 1 is 0.440 bits per heavy atom. The molecule has 2 saturated heterocycles. The molecule has 0 unspecified atom stereocenters. The Morgan fingerprint density at radius 3 is 1.09 bits per heavy atom. The van der Waals surface area contributed by atoms with Crippen LogP contribution in [0.4, 0.5) is 13.2 Å². The van der Waals surface area contributed by atoms with Gasteiger partial charge in [-0.3, -0.25) is 43.9 Å². The summed E-state index contributed by atoms with van der Waals surface area (Å²) in [6, 6.07) is 28.7. The lowest BCUT2D eigenvalue weighted by atomic mass is 9.98. The summed E-state index contributed by atoms with van der Waals surface area (Å²) >= 11 is 0. The van der Waals surface area contributed by atoms with E-state index in [1.807, 2.05) is 12.1 Å². The van der Waals surface area contributed by atoms with Gasteiger partial charge in [0.25, 0.3) is 0 Å². The lowest BCUT2D eigenvalue weighted by Crippen LogP contribution is -2.39. The first-order valence-corrected chi connectivity index (χ1v) is 28.7. The van der Waals surface area contributed by atoms with Gasteiger partial charge in [-0.05, 0) is 155 Å². The molecule has 0 atom stereocenters. The van der Waals surface area contributed by atoms with E-state index >= 15 is 0 Å². The highest BCUT2D eigenvalue weighted by Gasteiger charge is 2.31. The average molecular weight is 1240 g/mol. The fourth-order valence-corrected chi connectivity index (χ4v) is 10.8. The first-order valence-electron chi connectivity index (χ1n) is 28.7. The third-order valence-corrected chi connectivity index (χ3v) is 15.4. The van der Waals surface area contributed by atoms with Crippen LogP contribution in [0.3, 0.4) is 0 Å². The van der Waals surface area contributed by atoms with Crippen molar-refractivity contribution in [2.45, 2.75) is 77.5 Å². The molecule has 0 spiro atoms. The fourth-order valence-electron chi connectivity index (χ4n) is 10.8. The van der Waals surface area contributed by atoms with Gasteiger partial charge in [0.1, 0.15) is 50.7 Å². The molecule has 4 amide bonds. The number of esters is 3. The minimum Gasteiger partial charge on any atom is -0.505 e. The van der Waals surface area contributed by atoms with Gasteiger partial charge in [0, 0.05) is 60.4 Å². The Kier molecular flexibility index (Phi) is 20.8. The second kappa shape index (κ2) is 29.1. The number of aromatic hydroxyl groups is 1. The quantitative estimate of drug-likeness (QED) is 0.0518. The van der Waals surface area contributed by atoms with Crippen LogP contribution < -0.4 is 9.47 Å². The summed E-state index contributed by atoms with van der Waals surface area (Å²) in [6.45, 7) is -0.282. The molecule has 91 heavy (non-hydrogen) atoms. The molecule has 22 heteroatoms. The maximum absolute atomic E-state index is 13.3. The van der Waals surface area contributed by atoms with Crippen molar-refractivity contribution in [1.82, 2.24) is 24.8 Å². The monoisotopic (exact) mass is 1240 g/mol. The predicted molar refractivity (Wildman–Crippen MR) is 326 cm³/mol. The second-order valence-electron chi connectivity index (χ2n) is 21.4. The van der Waals surface area contributed by atoms with Crippen LogP contribution in [0.25, 0.3) is 32.7 Å². The van der Waals surface area contributed by atoms with E-state index in [9.17, 15) is 56.9 Å². The third-order valence-electron chi connectivity index (χ3n) is 15.4. The fraction of sp³-hybridized carbons (Fsp3) is 0.246. The Bertz CT molecular complexity index is 4250. The van der Waals surface area contributed by atoms with Crippen molar-refractivity contribution in [3.05, 3.63) is 212 Å². The van der Waals surface area contributed by atoms with Crippen LogP contribution in [-0.4, -0.2) is 112 Å². The molecule has 0 saturated carbocycles. The first-order chi connectivity index (χ1) is 43.8. The van der Waals surface area contributed by atoms with E-state index in [2.05, 4.69) is 15.0 Å². The lowest BCUT2D eigenvalue weighted by molar-refractivity contribution is -0.150. The molecular formula is C69H62F3N5O14. The molecule has 5 heterocycles. The van der Waals surface area contributed by atoms with Crippen LogP contribution in [0.1, 0.15) is 120 Å². The number of amides is 4. The number of aromatic nitrogens is 3. The van der Waals surface area contributed by atoms with Crippen molar-refractivity contribution in [2.24, 2.45) is 0 Å². The summed E-state index contributed by atoms with van der Waals surface area (Å²) in [5.41, 5.74) is 8.22. The molecule has 0 bridgehead atoms. The standard InChI is InChI=1S/C25H23FN2O5.C24H21FN2O5.C20H18FNO4/c1-32-24-20(25(31)33-2)12-17(14-28-21(29)4-3-5-22(28)30)19-11-16(13-27-23(19)24)10-15-6-8-18(26)9-7-15;1-32-24(31)19-11-16(13-27-20(28)3-2-4-21(27)29)18-10-15(12-26-22(18)23(19)30)9-14-5-7-17(25)8-6-14;1-25-19-17(20(24)26-2)9-14(11-23)16-8-13(10-22-18(16)19)7-12-3-5-15(21)6-4-12/h6-9,11-13H,3-5,10,14H2,1-2H3;5-8,10-12,30H,2-4,9,13H2,1H3;3-6,8-10,23H,7,11H2,1-2H3. The number of pyridine rings is 3. The molecule has 2 aliphatic rings. The molecule has 468 valence electrons. The molecule has 3 aromatic heterocycles. The van der Waals surface area contributed by atoms with Crippen molar-refractivity contribution in [2.75, 3.05) is 35.5 Å². The molecule has 0 aliphatic carbocycles. The van der Waals surface area contributed by atoms with Gasteiger partial charge in [0.2, 0.25) is 23.6 Å². The van der Waals surface area contributed by atoms with E-state index in [1.165, 1.54) is 87.8 Å². The van der Waals surface area contributed by atoms with Gasteiger partial charge >= 0.3 is 17.9 Å². The molecule has 6 aromatic carbocycles. The zero-order chi connectivity index (χ0) is 65.0. The normalized spacial score (nSPS) is 13.1. The highest BCUT2D eigenvalue weighted by molar-refractivity contribution is 6.05. The van der Waals surface area contributed by atoms with Gasteiger partial charge in [-0.15, -0.1) is 0 Å². The number of imide groups is 2. The van der Waals surface area contributed by atoms with Gasteiger partial charge in [0.15, 0.2) is 17.2 Å². The number of fused-ring (bicyclic) bond motifs is 3. The number of aliphatic hydroxyl groups is 1. The minimum atomic E-state index is -0.751. The molecule has 11 rings (SSSR count). The van der Waals surface area contributed by atoms with E-state index in [1.54, 1.807) is 73.2 Å². The van der Waals surface area contributed by atoms with E-state index in [0.717, 1.165) is 33.4 Å². The van der Waals surface area contributed by atoms with Crippen molar-refractivity contribution in [1.29, 1.82) is 0 Å². The molecular weight excluding hydrogens is 1180 g/mol. The summed E-state index contributed by atoms with van der Waals surface area (Å²) in [4.78, 5) is 102. The Labute approximate surface area is 519 Å². The van der Waals surface area contributed by atoms with Gasteiger partial charge in [-0.25, -0.2) is 27.6 Å². The zero-order valence-electron chi connectivity index (χ0n) is 50.3. The number of likely N-dealkylation sites (tertiary alicyclic amines) is 2. The summed E-state index contributed by atoms with van der Waals surface area (Å²) in [5, 5.41) is 22.2. The predicted octanol–water partition coefficient (Wildman–Crippen LogP) is 10.5. The summed E-state index contributed by atoms with van der Waals surface area (Å²) in [6.07, 6.45) is 8.65. The number of benzene rings is 6. The van der Waals surface area contributed by atoms with Crippen molar-refractivity contribution in [3.63, 3.8) is 0 Å². The molecule has 0 radical (unpaired) electrons. The molecule has 2 N–H and O–H groups in total. The van der Waals surface area contributed by atoms with E-state index in [0.29, 0.717) is 94.6 Å². The van der Waals surface area contributed by atoms with Crippen LogP contribution in [0.2, 0.25) is 0 Å². The number of phenols is 1. The number of aliphatic hydroxyl groups excluding tert-OH is 1. The number of piperidine rings is 2. The Morgan fingerprint density at radius 2 is 0.747 bits per heavy atom. The Hall–Kier alpha value is -10.6. The number of nitrogens with zero attached hydrogens (tertiary/aromatic N) is 5. The largest absolute Gasteiger partial charge is 0.505 e.